The zero-order valence-corrected chi connectivity index (χ0v) is 14.1. The number of piperazine rings is 1. The van der Waals surface area contributed by atoms with Crippen LogP contribution in [0.1, 0.15) is 58.8 Å². The van der Waals surface area contributed by atoms with Gasteiger partial charge in [-0.3, -0.25) is 9.69 Å². The lowest BCUT2D eigenvalue weighted by atomic mass is 10.1. The summed E-state index contributed by atoms with van der Waals surface area (Å²) in [6.45, 7) is 10.5. The number of esters is 1. The Kier molecular flexibility index (Phi) is 10.5. The predicted octanol–water partition coefficient (Wildman–Crippen LogP) is 2.92. The van der Waals surface area contributed by atoms with E-state index in [2.05, 4.69) is 16.7 Å². The molecule has 1 fully saturated rings. The highest BCUT2D eigenvalue weighted by molar-refractivity contribution is 5.71. The van der Waals surface area contributed by atoms with Crippen LogP contribution in [0.25, 0.3) is 0 Å². The Morgan fingerprint density at radius 3 is 2.05 bits per heavy atom. The third-order valence-corrected chi connectivity index (χ3v) is 4.20. The minimum atomic E-state index is -0.0852. The highest BCUT2D eigenvalue weighted by Gasteiger charge is 2.18. The van der Waals surface area contributed by atoms with Crippen LogP contribution in [0.15, 0.2) is 0 Å². The summed E-state index contributed by atoms with van der Waals surface area (Å²) in [6, 6.07) is 0. The van der Waals surface area contributed by atoms with E-state index in [9.17, 15) is 4.79 Å². The van der Waals surface area contributed by atoms with Crippen LogP contribution in [-0.4, -0.2) is 61.6 Å². The Bertz CT molecular complexity index is 264. The molecule has 1 rings (SSSR count). The van der Waals surface area contributed by atoms with Crippen molar-refractivity contribution in [2.24, 2.45) is 0 Å². The second-order valence-electron chi connectivity index (χ2n) is 6.04. The van der Waals surface area contributed by atoms with Gasteiger partial charge in [0.15, 0.2) is 0 Å². The molecule has 0 atom stereocenters. The number of hydrogen-bond donors (Lipinski definition) is 0. The molecule has 0 spiro atoms. The van der Waals surface area contributed by atoms with Crippen LogP contribution in [0, 0.1) is 0 Å². The Hall–Kier alpha value is -0.610. The highest BCUT2D eigenvalue weighted by atomic mass is 16.5. The number of ether oxygens (including phenoxy) is 1. The van der Waals surface area contributed by atoms with E-state index in [1.165, 1.54) is 51.5 Å². The van der Waals surface area contributed by atoms with E-state index in [1.54, 1.807) is 0 Å². The number of hydrogen-bond acceptors (Lipinski definition) is 4. The number of nitrogens with zero attached hydrogens (tertiary/aromatic N) is 2. The first kappa shape index (κ1) is 18.4. The van der Waals surface area contributed by atoms with E-state index in [-0.39, 0.29) is 5.97 Å². The van der Waals surface area contributed by atoms with Crippen molar-refractivity contribution >= 4 is 5.97 Å². The van der Waals surface area contributed by atoms with Crippen molar-refractivity contribution in [3.63, 3.8) is 0 Å². The van der Waals surface area contributed by atoms with Crippen molar-refractivity contribution in [2.45, 2.75) is 58.8 Å². The third-order valence-electron chi connectivity index (χ3n) is 4.20. The summed E-state index contributed by atoms with van der Waals surface area (Å²) < 4.78 is 5.00. The van der Waals surface area contributed by atoms with Crippen LogP contribution >= 0.6 is 0 Å². The quantitative estimate of drug-likeness (QED) is 0.434. The van der Waals surface area contributed by atoms with E-state index in [4.69, 9.17) is 4.74 Å². The molecule has 124 valence electrons. The average Bonchev–Trinajstić information content (AvgIpc) is 2.48. The molecule has 1 heterocycles. The van der Waals surface area contributed by atoms with Crippen molar-refractivity contribution < 1.29 is 9.53 Å². The van der Waals surface area contributed by atoms with Gasteiger partial charge in [-0.15, -0.1) is 0 Å². The van der Waals surface area contributed by atoms with Crippen molar-refractivity contribution in [2.75, 3.05) is 45.9 Å². The smallest absolute Gasteiger partial charge is 0.320 e. The van der Waals surface area contributed by atoms with Gasteiger partial charge in [-0.25, -0.2) is 0 Å². The highest BCUT2D eigenvalue weighted by Crippen LogP contribution is 2.09. The Morgan fingerprint density at radius 2 is 1.43 bits per heavy atom. The summed E-state index contributed by atoms with van der Waals surface area (Å²) in [5.41, 5.74) is 0. The Balaban J connectivity index is 1.97. The van der Waals surface area contributed by atoms with Gasteiger partial charge in [-0.1, -0.05) is 45.4 Å². The molecule has 1 saturated heterocycles. The average molecular weight is 298 g/mol. The topological polar surface area (TPSA) is 32.8 Å². The van der Waals surface area contributed by atoms with Gasteiger partial charge in [0.05, 0.1) is 13.2 Å². The first-order valence-corrected chi connectivity index (χ1v) is 8.86. The van der Waals surface area contributed by atoms with Crippen LogP contribution < -0.4 is 0 Å². The number of rotatable bonds is 11. The Morgan fingerprint density at radius 1 is 0.857 bits per heavy atom. The number of unbranched alkanes of at least 4 members (excludes halogenated alkanes) is 6. The van der Waals surface area contributed by atoms with E-state index in [1.807, 2.05) is 6.92 Å². The largest absolute Gasteiger partial charge is 0.465 e. The second-order valence-corrected chi connectivity index (χ2v) is 6.04. The minimum Gasteiger partial charge on any atom is -0.465 e. The van der Waals surface area contributed by atoms with Gasteiger partial charge in [-0.05, 0) is 19.9 Å². The molecule has 0 amide bonds. The molecule has 1 aliphatic heterocycles. The standard InChI is InChI=1S/C17H34N2O2/c1-3-5-6-7-8-9-10-11-18-12-14-19(15-13-18)16-17(20)21-4-2/h3-16H2,1-2H3. The first-order chi connectivity index (χ1) is 10.3. The molecule has 0 aromatic carbocycles. The van der Waals surface area contributed by atoms with Crippen LogP contribution in [0.2, 0.25) is 0 Å². The number of carbonyl (C=O) groups excluding carboxylic acids is 1. The first-order valence-electron chi connectivity index (χ1n) is 8.86. The lowest BCUT2D eigenvalue weighted by Gasteiger charge is -2.34. The SMILES string of the molecule is CCCCCCCCCN1CCN(CC(=O)OCC)CC1. The lowest BCUT2D eigenvalue weighted by Crippen LogP contribution is -2.48. The predicted molar refractivity (Wildman–Crippen MR) is 87.5 cm³/mol. The number of carbonyl (C=O) groups is 1. The summed E-state index contributed by atoms with van der Waals surface area (Å²) >= 11 is 0. The fourth-order valence-electron chi connectivity index (χ4n) is 2.85. The molecule has 0 unspecified atom stereocenters. The molecule has 4 heteroatoms. The molecule has 21 heavy (non-hydrogen) atoms. The fraction of sp³-hybridized carbons (Fsp3) is 0.941. The van der Waals surface area contributed by atoms with Crippen molar-refractivity contribution in [3.8, 4) is 0 Å². The van der Waals surface area contributed by atoms with Gasteiger partial charge >= 0.3 is 5.97 Å². The van der Waals surface area contributed by atoms with E-state index in [0.29, 0.717) is 13.2 Å². The summed E-state index contributed by atoms with van der Waals surface area (Å²) in [5, 5.41) is 0. The third kappa shape index (κ3) is 9.10. The minimum absolute atomic E-state index is 0.0852. The fourth-order valence-corrected chi connectivity index (χ4v) is 2.85. The monoisotopic (exact) mass is 298 g/mol. The maximum Gasteiger partial charge on any atom is 0.320 e. The zero-order chi connectivity index (χ0) is 15.3. The van der Waals surface area contributed by atoms with Gasteiger partial charge < -0.3 is 9.64 Å². The van der Waals surface area contributed by atoms with E-state index in [0.717, 1.165) is 26.2 Å². The molecule has 4 nitrogen and oxygen atoms in total. The van der Waals surface area contributed by atoms with Gasteiger partial charge in [-0.2, -0.15) is 0 Å². The van der Waals surface area contributed by atoms with Crippen LogP contribution in [0.3, 0.4) is 0 Å². The molecule has 0 aliphatic carbocycles. The molecule has 0 aromatic rings. The van der Waals surface area contributed by atoms with Crippen LogP contribution in [0.5, 0.6) is 0 Å². The molecular weight excluding hydrogens is 264 g/mol. The molecule has 0 radical (unpaired) electrons. The van der Waals surface area contributed by atoms with E-state index < -0.39 is 0 Å². The van der Waals surface area contributed by atoms with Crippen molar-refractivity contribution in [1.82, 2.24) is 9.80 Å². The second kappa shape index (κ2) is 12.0. The summed E-state index contributed by atoms with van der Waals surface area (Å²) in [5.74, 6) is -0.0852. The normalized spacial score (nSPS) is 17.0. The maximum atomic E-state index is 11.4. The summed E-state index contributed by atoms with van der Waals surface area (Å²) in [7, 11) is 0. The summed E-state index contributed by atoms with van der Waals surface area (Å²) in [6.07, 6.45) is 9.61. The lowest BCUT2D eigenvalue weighted by molar-refractivity contribution is -0.144. The van der Waals surface area contributed by atoms with Gasteiger partial charge in [0.2, 0.25) is 0 Å². The zero-order valence-electron chi connectivity index (χ0n) is 14.1. The van der Waals surface area contributed by atoms with Gasteiger partial charge in [0.25, 0.3) is 0 Å². The molecule has 0 bridgehead atoms. The van der Waals surface area contributed by atoms with Gasteiger partial charge in [0.1, 0.15) is 0 Å². The van der Waals surface area contributed by atoms with Crippen LogP contribution in [-0.2, 0) is 9.53 Å². The molecular formula is C17H34N2O2. The molecule has 0 saturated carbocycles. The Labute approximate surface area is 130 Å². The molecule has 0 N–H and O–H groups in total. The van der Waals surface area contributed by atoms with Crippen molar-refractivity contribution in [1.29, 1.82) is 0 Å². The molecule has 1 aliphatic rings. The van der Waals surface area contributed by atoms with Crippen LogP contribution in [0.4, 0.5) is 0 Å². The molecule has 0 aromatic heterocycles. The maximum absolute atomic E-state index is 11.4. The van der Waals surface area contributed by atoms with Crippen molar-refractivity contribution in [3.05, 3.63) is 0 Å². The van der Waals surface area contributed by atoms with Gasteiger partial charge in [0, 0.05) is 26.2 Å². The van der Waals surface area contributed by atoms with E-state index >= 15 is 0 Å². The summed E-state index contributed by atoms with van der Waals surface area (Å²) in [4.78, 5) is 16.2.